The van der Waals surface area contributed by atoms with Gasteiger partial charge in [0.2, 0.25) is 0 Å². The van der Waals surface area contributed by atoms with Crippen LogP contribution in [0, 0.1) is 26.7 Å². The molecule has 0 aromatic heterocycles. The van der Waals surface area contributed by atoms with E-state index < -0.39 is 0 Å². The minimum Gasteiger partial charge on any atom is -0.343 e. The summed E-state index contributed by atoms with van der Waals surface area (Å²) < 4.78 is 0. The maximum absolute atomic E-state index is 3.70. The maximum Gasteiger partial charge on any atom is 0 e. The molecule has 2 heteroatoms. The predicted octanol–water partition coefficient (Wildman–Crippen LogP) is 9.31. The van der Waals surface area contributed by atoms with Gasteiger partial charge < -0.3 is 26.7 Å². The first-order chi connectivity index (χ1) is 10.7. The van der Waals surface area contributed by atoms with E-state index in [4.69, 9.17) is 0 Å². The van der Waals surface area contributed by atoms with Crippen LogP contribution in [-0.4, -0.2) is 0 Å². The van der Waals surface area contributed by atoms with Crippen molar-refractivity contribution < 1.29 is 65.4 Å². The van der Waals surface area contributed by atoms with Crippen molar-refractivity contribution in [1.82, 2.24) is 0 Å². The molecule has 0 aliphatic rings. The molecule has 150 valence electrons. The van der Waals surface area contributed by atoms with E-state index in [-0.39, 0.29) is 65.4 Å². The third-order valence-corrected chi connectivity index (χ3v) is 1.49. The van der Waals surface area contributed by atoms with Crippen molar-refractivity contribution in [2.75, 3.05) is 0 Å². The maximum atomic E-state index is 3.70. The van der Waals surface area contributed by atoms with Gasteiger partial charge in [0.15, 0.2) is 0 Å². The van der Waals surface area contributed by atoms with E-state index in [1.807, 2.05) is 27.7 Å². The van der Waals surface area contributed by atoms with Crippen LogP contribution in [0.15, 0.2) is 0 Å². The van der Waals surface area contributed by atoms with Crippen molar-refractivity contribution in [3.63, 3.8) is 0 Å². The molecule has 0 spiro atoms. The molecule has 2 radical (unpaired) electrons. The normalized spacial score (nSPS) is 6.50. The molecule has 0 bridgehead atoms. The first-order valence-corrected chi connectivity index (χ1v) is 9.80. The molecule has 0 fully saturated rings. The van der Waals surface area contributed by atoms with Crippen molar-refractivity contribution in [2.24, 2.45) is 0 Å². The molecule has 0 aliphatic carbocycles. The Morgan fingerprint density at radius 1 is 0.583 bits per heavy atom. The SMILES string of the molecule is CC.CC.CCC.CCC.[CH2-]CCC[CH-]C.[CH2-]CCC[CH-]C.[Y].[Y]. The molecule has 0 saturated heterocycles. The van der Waals surface area contributed by atoms with E-state index in [1.54, 1.807) is 0 Å². The molecular weight excluding hydrogens is 442 g/mol. The smallest absolute Gasteiger partial charge is 0 e. The third kappa shape index (κ3) is 194. The zero-order valence-electron chi connectivity index (χ0n) is 19.4. The van der Waals surface area contributed by atoms with Gasteiger partial charge in [-0.15, -0.1) is 12.8 Å². The summed E-state index contributed by atoms with van der Waals surface area (Å²) in [4.78, 5) is 0. The number of hydrogen-bond acceptors (Lipinski definition) is 0. The Bertz CT molecular complexity index is 58.4. The van der Waals surface area contributed by atoms with Gasteiger partial charge in [-0.25, -0.2) is 0 Å². The molecule has 0 aromatic rings. The summed E-state index contributed by atoms with van der Waals surface area (Å²) in [5.41, 5.74) is 0. The van der Waals surface area contributed by atoms with E-state index in [9.17, 15) is 0 Å². The topological polar surface area (TPSA) is 0 Å². The van der Waals surface area contributed by atoms with Crippen LogP contribution in [0.25, 0.3) is 0 Å². The van der Waals surface area contributed by atoms with Gasteiger partial charge in [-0.1, -0.05) is 68.2 Å². The largest absolute Gasteiger partial charge is 0.343 e. The molecule has 0 N–H and O–H groups in total. The van der Waals surface area contributed by atoms with Crippen LogP contribution in [0.5, 0.6) is 0 Å². The second-order valence-corrected chi connectivity index (χ2v) is 4.22. The van der Waals surface area contributed by atoms with Gasteiger partial charge in [-0.2, -0.15) is 39.5 Å². The Balaban J connectivity index is -0.0000000223. The molecule has 0 aromatic carbocycles. The molecule has 0 atom stereocenters. The van der Waals surface area contributed by atoms with Crippen molar-refractivity contribution in [3.8, 4) is 0 Å². The fraction of sp³-hybridized carbons (Fsp3) is 0.818. The first kappa shape index (κ1) is 50.2. The Labute approximate surface area is 210 Å². The van der Waals surface area contributed by atoms with Crippen LogP contribution in [0.4, 0.5) is 0 Å². The average Bonchev–Trinajstić information content (AvgIpc) is 2.57. The second-order valence-electron chi connectivity index (χ2n) is 4.22. The standard InChI is InChI=1S/2C6H12.2C3H8.2C2H6.2Y/c2*1-3-5-6-4-2;2*1-3-2;2*1-2;;/h2*4H,1,3,5-6H2,2H3;2*3H2,1-2H3;2*1-2H3;;/q2*-2;;;;;;. The monoisotopic (exact) mass is 494 g/mol. The van der Waals surface area contributed by atoms with Crippen LogP contribution in [0.3, 0.4) is 0 Å². The fourth-order valence-corrected chi connectivity index (χ4v) is 0.697. The summed E-state index contributed by atoms with van der Waals surface area (Å²) in [5, 5.41) is 0. The van der Waals surface area contributed by atoms with Gasteiger partial charge in [0.25, 0.3) is 0 Å². The summed E-state index contributed by atoms with van der Waals surface area (Å²) in [6.45, 7) is 28.1. The molecule has 0 saturated carbocycles. The molecule has 0 heterocycles. The van der Waals surface area contributed by atoms with Crippen molar-refractivity contribution in [3.05, 3.63) is 26.7 Å². The van der Waals surface area contributed by atoms with E-state index in [2.05, 4.69) is 68.2 Å². The van der Waals surface area contributed by atoms with Gasteiger partial charge in [0.05, 0.1) is 0 Å². The molecular formula is C22H52Y2-4. The number of rotatable bonds is 6. The van der Waals surface area contributed by atoms with Gasteiger partial charge >= 0.3 is 0 Å². The summed E-state index contributed by atoms with van der Waals surface area (Å²) >= 11 is 0. The van der Waals surface area contributed by atoms with E-state index in [0.717, 1.165) is 12.8 Å². The van der Waals surface area contributed by atoms with Crippen LogP contribution in [0.1, 0.15) is 121 Å². The van der Waals surface area contributed by atoms with Crippen molar-refractivity contribution in [1.29, 1.82) is 0 Å². The molecule has 24 heavy (non-hydrogen) atoms. The van der Waals surface area contributed by atoms with E-state index in [0.29, 0.717) is 0 Å². The molecule has 0 amide bonds. The Morgan fingerprint density at radius 2 is 0.750 bits per heavy atom. The summed E-state index contributed by atoms with van der Waals surface area (Å²) in [6, 6.07) is 0. The summed E-state index contributed by atoms with van der Waals surface area (Å²) in [6.07, 6.45) is 13.9. The molecule has 0 nitrogen and oxygen atoms in total. The first-order valence-electron chi connectivity index (χ1n) is 9.80. The van der Waals surface area contributed by atoms with Gasteiger partial charge in [0, 0.05) is 65.4 Å². The van der Waals surface area contributed by atoms with E-state index in [1.165, 1.54) is 38.5 Å². The van der Waals surface area contributed by atoms with Gasteiger partial charge in [0.1, 0.15) is 0 Å². The summed E-state index contributed by atoms with van der Waals surface area (Å²) in [5.74, 6) is 0. The van der Waals surface area contributed by atoms with Crippen molar-refractivity contribution in [2.45, 2.75) is 121 Å². The van der Waals surface area contributed by atoms with Crippen LogP contribution >= 0.6 is 0 Å². The van der Waals surface area contributed by atoms with Crippen LogP contribution in [0.2, 0.25) is 0 Å². The Morgan fingerprint density at radius 3 is 0.792 bits per heavy atom. The number of unbranched alkanes of at least 4 members (excludes halogenated alkanes) is 6. The third-order valence-electron chi connectivity index (χ3n) is 1.49. The molecule has 0 unspecified atom stereocenters. The minimum absolute atomic E-state index is 0. The fourth-order valence-electron chi connectivity index (χ4n) is 0.697. The average molecular weight is 494 g/mol. The summed E-state index contributed by atoms with van der Waals surface area (Å²) in [7, 11) is 0. The minimum atomic E-state index is 0. The van der Waals surface area contributed by atoms with Crippen molar-refractivity contribution >= 4 is 0 Å². The number of hydrogen-bond donors (Lipinski definition) is 0. The molecule has 0 rings (SSSR count). The predicted molar refractivity (Wildman–Crippen MR) is 113 cm³/mol. The second kappa shape index (κ2) is 99.1. The molecule has 0 aliphatic heterocycles. The van der Waals surface area contributed by atoms with Gasteiger partial charge in [-0.05, 0) is 0 Å². The van der Waals surface area contributed by atoms with Crippen LogP contribution < -0.4 is 0 Å². The van der Waals surface area contributed by atoms with Crippen LogP contribution in [-0.2, 0) is 65.4 Å². The Hall–Kier alpha value is 2.21. The zero-order valence-corrected chi connectivity index (χ0v) is 25.1. The van der Waals surface area contributed by atoms with Gasteiger partial charge in [-0.3, -0.25) is 0 Å². The quantitative estimate of drug-likeness (QED) is 0.255. The zero-order chi connectivity index (χ0) is 19.1. The Kier molecular flexibility index (Phi) is 207. The van der Waals surface area contributed by atoms with E-state index >= 15 is 0 Å².